The molecule has 0 fully saturated rings. The quantitative estimate of drug-likeness (QED) is 0.324. The maximum atomic E-state index is 12.4. The smallest absolute Gasteiger partial charge is 0.281 e. The highest BCUT2D eigenvalue weighted by molar-refractivity contribution is 6.28. The molecule has 148 valence electrons. The molecule has 0 radical (unpaired) electrons. The Bertz CT molecular complexity index is 686. The average Bonchev–Trinajstić information content (AvgIpc) is 2.73. The van der Waals surface area contributed by atoms with E-state index >= 15 is 0 Å². The zero-order valence-electron chi connectivity index (χ0n) is 17.8. The van der Waals surface area contributed by atoms with E-state index in [1.807, 2.05) is 109 Å². The highest BCUT2D eigenvalue weighted by Crippen LogP contribution is 2.27. The van der Waals surface area contributed by atoms with Gasteiger partial charge in [0.25, 0.3) is 5.91 Å². The number of hydrogen-bond acceptors (Lipinski definition) is 1. The van der Waals surface area contributed by atoms with Crippen LogP contribution in [0, 0.1) is 0 Å². The Kier molecular flexibility index (Phi) is 16.2. The maximum absolute atomic E-state index is 12.4. The Balaban J connectivity index is 0. The second-order valence-corrected chi connectivity index (χ2v) is 4.57. The van der Waals surface area contributed by atoms with Crippen LogP contribution < -0.4 is 11.5 Å². The fraction of sp³-hybridized carbons (Fsp3) is 0.304. The molecule has 0 atom stereocenters. The van der Waals surface area contributed by atoms with Gasteiger partial charge in [-0.25, -0.2) is 0 Å². The number of hydrogen-bond donors (Lipinski definition) is 2. The predicted octanol–water partition coefficient (Wildman–Crippen LogP) is 5.50. The van der Waals surface area contributed by atoms with Crippen LogP contribution in [0.3, 0.4) is 0 Å². The topological polar surface area (TPSA) is 81.5 Å². The van der Waals surface area contributed by atoms with Crippen molar-refractivity contribution in [3.05, 3.63) is 71.8 Å². The molecular weight excluding hydrogens is 334 g/mol. The number of carbonyl (C=O) groups excluding carboxylic acids is 1. The molecule has 0 aliphatic rings. The highest BCUT2D eigenvalue weighted by Gasteiger charge is 2.15. The van der Waals surface area contributed by atoms with Gasteiger partial charge in [-0.2, -0.15) is 4.99 Å². The number of benzene rings is 2. The summed E-state index contributed by atoms with van der Waals surface area (Å²) in [5.41, 5.74) is 13.7. The first kappa shape index (κ1) is 26.4. The Morgan fingerprint density at radius 3 is 1.44 bits per heavy atom. The minimum atomic E-state index is -0.442. The summed E-state index contributed by atoms with van der Waals surface area (Å²) in [6.07, 6.45) is 0. The number of rotatable bonds is 3. The molecule has 2 aromatic carbocycles. The Morgan fingerprint density at radius 1 is 0.704 bits per heavy atom. The lowest BCUT2D eigenvalue weighted by Crippen LogP contribution is -2.24. The van der Waals surface area contributed by atoms with E-state index in [-0.39, 0.29) is 5.96 Å². The molecule has 2 aromatic rings. The van der Waals surface area contributed by atoms with Crippen molar-refractivity contribution >= 4 is 23.0 Å². The van der Waals surface area contributed by atoms with Gasteiger partial charge >= 0.3 is 0 Å². The van der Waals surface area contributed by atoms with E-state index in [2.05, 4.69) is 4.99 Å². The summed E-state index contributed by atoms with van der Waals surface area (Å²) in [4.78, 5) is 16.0. The van der Waals surface area contributed by atoms with Gasteiger partial charge in [-0.1, -0.05) is 102 Å². The summed E-state index contributed by atoms with van der Waals surface area (Å²) in [6, 6.07) is 19.0. The monoisotopic (exact) mass is 369 g/mol. The summed E-state index contributed by atoms with van der Waals surface area (Å²) in [6.45, 7) is 13.9. The second-order valence-electron chi connectivity index (χ2n) is 4.57. The normalized spacial score (nSPS) is 9.59. The molecule has 2 rings (SSSR count). The number of amides is 1. The predicted molar refractivity (Wildman–Crippen MR) is 120 cm³/mol. The minimum absolute atomic E-state index is 0.241. The van der Waals surface area contributed by atoms with Crippen LogP contribution in [0.4, 0.5) is 0 Å². The molecule has 4 N–H and O–H groups in total. The van der Waals surface area contributed by atoms with Crippen LogP contribution in [0.5, 0.6) is 0 Å². The maximum Gasteiger partial charge on any atom is 0.281 e. The van der Waals surface area contributed by atoms with Crippen LogP contribution in [-0.2, 0) is 4.79 Å². The van der Waals surface area contributed by atoms with Crippen LogP contribution >= 0.6 is 0 Å². The SMILES string of the molecule is C/C(=C(\C(=O)N=C(N)N)c1ccccc1)c1ccccc1.CC.CC.CC. The number of nitrogens with two attached hydrogens (primary N) is 2. The van der Waals surface area contributed by atoms with E-state index in [1.54, 1.807) is 0 Å². The molecule has 0 saturated heterocycles. The molecule has 27 heavy (non-hydrogen) atoms. The summed E-state index contributed by atoms with van der Waals surface area (Å²) < 4.78 is 0. The fourth-order valence-corrected chi connectivity index (χ4v) is 2.11. The van der Waals surface area contributed by atoms with Gasteiger partial charge in [0.2, 0.25) is 0 Å². The van der Waals surface area contributed by atoms with Crippen molar-refractivity contribution in [2.75, 3.05) is 0 Å². The van der Waals surface area contributed by atoms with E-state index in [0.717, 1.165) is 16.7 Å². The van der Waals surface area contributed by atoms with Crippen molar-refractivity contribution in [2.45, 2.75) is 48.5 Å². The van der Waals surface area contributed by atoms with Gasteiger partial charge in [0.1, 0.15) is 0 Å². The largest absolute Gasteiger partial charge is 0.370 e. The van der Waals surface area contributed by atoms with E-state index in [0.29, 0.717) is 5.57 Å². The number of aliphatic imine (C=N–C) groups is 1. The molecule has 0 aliphatic carbocycles. The fourth-order valence-electron chi connectivity index (χ4n) is 2.11. The second kappa shape index (κ2) is 16.6. The lowest BCUT2D eigenvalue weighted by atomic mass is 9.95. The molecular formula is C23H35N3O. The first-order valence-electron chi connectivity index (χ1n) is 9.55. The standard InChI is InChI=1S/C17H17N3O.3C2H6/c1-12(13-8-4-2-5-9-13)15(16(21)20-17(18)19)14-10-6-3-7-11-14;3*1-2/h2-11H,1H3,(H4,18,19,20,21);3*1-2H3/b15-12+;;;. The van der Waals surface area contributed by atoms with Gasteiger partial charge < -0.3 is 11.5 Å². The molecule has 0 aromatic heterocycles. The molecule has 0 heterocycles. The molecule has 1 amide bonds. The molecule has 0 aliphatic heterocycles. The minimum Gasteiger partial charge on any atom is -0.370 e. The van der Waals surface area contributed by atoms with Crippen LogP contribution in [-0.4, -0.2) is 11.9 Å². The first-order chi connectivity index (χ1) is 13.1. The third-order valence-electron chi connectivity index (χ3n) is 3.09. The third kappa shape index (κ3) is 9.40. The number of allylic oxidation sites excluding steroid dienone is 1. The Morgan fingerprint density at radius 2 is 1.07 bits per heavy atom. The first-order valence-corrected chi connectivity index (χ1v) is 9.55. The highest BCUT2D eigenvalue weighted by atomic mass is 16.1. The van der Waals surface area contributed by atoms with E-state index < -0.39 is 5.91 Å². The summed E-state index contributed by atoms with van der Waals surface area (Å²) in [7, 11) is 0. The van der Waals surface area contributed by atoms with Crippen LogP contribution in [0.2, 0.25) is 0 Å². The summed E-state index contributed by atoms with van der Waals surface area (Å²) in [5, 5.41) is 0. The van der Waals surface area contributed by atoms with Gasteiger partial charge in [0.05, 0.1) is 5.57 Å². The molecule has 0 saturated carbocycles. The number of guanidine groups is 1. The van der Waals surface area contributed by atoms with Crippen molar-refractivity contribution < 1.29 is 4.79 Å². The average molecular weight is 370 g/mol. The van der Waals surface area contributed by atoms with Crippen molar-refractivity contribution in [1.29, 1.82) is 0 Å². The van der Waals surface area contributed by atoms with Crippen molar-refractivity contribution in [2.24, 2.45) is 16.5 Å². The number of nitrogens with zero attached hydrogens (tertiary/aromatic N) is 1. The Labute approximate surface area is 165 Å². The molecule has 0 unspecified atom stereocenters. The Hall–Kier alpha value is -2.88. The lowest BCUT2D eigenvalue weighted by Gasteiger charge is -2.10. The van der Waals surface area contributed by atoms with Gasteiger partial charge in [0.15, 0.2) is 5.96 Å². The zero-order chi connectivity index (χ0) is 21.2. The summed E-state index contributed by atoms with van der Waals surface area (Å²) in [5.74, 6) is -0.683. The van der Waals surface area contributed by atoms with Crippen LogP contribution in [0.15, 0.2) is 65.7 Å². The van der Waals surface area contributed by atoms with E-state index in [4.69, 9.17) is 11.5 Å². The van der Waals surface area contributed by atoms with Crippen molar-refractivity contribution in [1.82, 2.24) is 0 Å². The number of carbonyl (C=O) groups is 1. The van der Waals surface area contributed by atoms with Crippen LogP contribution in [0.25, 0.3) is 11.1 Å². The molecule has 0 bridgehead atoms. The van der Waals surface area contributed by atoms with Gasteiger partial charge in [0, 0.05) is 0 Å². The lowest BCUT2D eigenvalue weighted by molar-refractivity contribution is -0.112. The van der Waals surface area contributed by atoms with Crippen LogP contribution in [0.1, 0.15) is 59.6 Å². The molecule has 0 spiro atoms. The third-order valence-corrected chi connectivity index (χ3v) is 3.09. The van der Waals surface area contributed by atoms with E-state index in [9.17, 15) is 4.79 Å². The molecule has 4 nitrogen and oxygen atoms in total. The van der Waals surface area contributed by atoms with Gasteiger partial charge in [-0.3, -0.25) is 4.79 Å². The molecule has 4 heteroatoms. The van der Waals surface area contributed by atoms with Crippen molar-refractivity contribution in [3.8, 4) is 0 Å². The summed E-state index contributed by atoms with van der Waals surface area (Å²) >= 11 is 0. The van der Waals surface area contributed by atoms with Crippen molar-refractivity contribution in [3.63, 3.8) is 0 Å². The van der Waals surface area contributed by atoms with Gasteiger partial charge in [-0.15, -0.1) is 0 Å². The zero-order valence-corrected chi connectivity index (χ0v) is 17.8. The van der Waals surface area contributed by atoms with E-state index in [1.165, 1.54) is 0 Å². The van der Waals surface area contributed by atoms with Gasteiger partial charge in [-0.05, 0) is 23.6 Å².